The van der Waals surface area contributed by atoms with Crippen molar-refractivity contribution in [1.82, 2.24) is 4.90 Å². The molecule has 0 radical (unpaired) electrons. The number of carbonyl (C=O) groups excluding carboxylic acids is 1. The third-order valence-corrected chi connectivity index (χ3v) is 4.64. The molecule has 2 heterocycles. The summed E-state index contributed by atoms with van der Waals surface area (Å²) in [6, 6.07) is 8.27. The van der Waals surface area contributed by atoms with Gasteiger partial charge in [-0.15, -0.1) is 11.8 Å². The Hall–Kier alpha value is -1.89. The van der Waals surface area contributed by atoms with Crippen molar-refractivity contribution in [2.24, 2.45) is 0 Å². The molecule has 1 atom stereocenters. The van der Waals surface area contributed by atoms with E-state index in [4.69, 9.17) is 4.42 Å². The standard InChI is InChI=1S/C15H12F3NO2S/c16-15(17,18)11-4-1-3-10(9-11)14-19(6-8-22-14)13(20)12-5-2-7-21-12/h1-5,7,9,14H,6,8H2. The van der Waals surface area contributed by atoms with Crippen LogP contribution in [0, 0.1) is 0 Å². The van der Waals surface area contributed by atoms with Gasteiger partial charge in [0.1, 0.15) is 5.37 Å². The van der Waals surface area contributed by atoms with Crippen LogP contribution in [-0.4, -0.2) is 23.1 Å². The summed E-state index contributed by atoms with van der Waals surface area (Å²) < 4.78 is 43.6. The molecular weight excluding hydrogens is 315 g/mol. The first kappa shape index (κ1) is 15.0. The Morgan fingerprint density at radius 2 is 2.09 bits per heavy atom. The van der Waals surface area contributed by atoms with Gasteiger partial charge in [-0.05, 0) is 29.8 Å². The summed E-state index contributed by atoms with van der Waals surface area (Å²) in [5, 5.41) is -0.431. The second-order valence-corrected chi connectivity index (χ2v) is 6.01. The Kier molecular flexibility index (Phi) is 3.90. The molecule has 3 nitrogen and oxygen atoms in total. The smallest absolute Gasteiger partial charge is 0.416 e. The molecule has 0 bridgehead atoms. The van der Waals surface area contributed by atoms with Crippen molar-refractivity contribution in [3.8, 4) is 0 Å². The Morgan fingerprint density at radius 1 is 1.27 bits per heavy atom. The topological polar surface area (TPSA) is 33.5 Å². The molecule has 1 unspecified atom stereocenters. The van der Waals surface area contributed by atoms with E-state index in [2.05, 4.69) is 0 Å². The van der Waals surface area contributed by atoms with Crippen LogP contribution in [0.5, 0.6) is 0 Å². The minimum atomic E-state index is -4.39. The summed E-state index contributed by atoms with van der Waals surface area (Å²) in [6.45, 7) is 0.477. The van der Waals surface area contributed by atoms with Crippen LogP contribution in [-0.2, 0) is 6.18 Å². The van der Waals surface area contributed by atoms with Crippen LogP contribution in [0.25, 0.3) is 0 Å². The molecule has 1 aromatic carbocycles. The fourth-order valence-electron chi connectivity index (χ4n) is 2.36. The lowest BCUT2D eigenvalue weighted by atomic mass is 10.1. The number of benzene rings is 1. The molecule has 0 N–H and O–H groups in total. The van der Waals surface area contributed by atoms with E-state index in [0.29, 0.717) is 17.9 Å². The third-order valence-electron chi connectivity index (χ3n) is 3.38. The quantitative estimate of drug-likeness (QED) is 0.829. The molecular formula is C15H12F3NO2S. The van der Waals surface area contributed by atoms with Crippen molar-refractivity contribution in [1.29, 1.82) is 0 Å². The van der Waals surface area contributed by atoms with Gasteiger partial charge >= 0.3 is 6.18 Å². The third kappa shape index (κ3) is 2.85. The first-order chi connectivity index (χ1) is 10.5. The predicted octanol–water partition coefficient (Wildman–Crippen LogP) is 4.19. The predicted molar refractivity (Wildman–Crippen MR) is 76.4 cm³/mol. The molecule has 3 rings (SSSR count). The summed E-state index contributed by atoms with van der Waals surface area (Å²) in [5.74, 6) is 0.560. The van der Waals surface area contributed by atoms with Gasteiger partial charge in [0, 0.05) is 12.3 Å². The minimum Gasteiger partial charge on any atom is -0.459 e. The van der Waals surface area contributed by atoms with Crippen LogP contribution >= 0.6 is 11.8 Å². The zero-order valence-electron chi connectivity index (χ0n) is 11.3. The van der Waals surface area contributed by atoms with E-state index in [1.165, 1.54) is 24.1 Å². The average molecular weight is 327 g/mol. The van der Waals surface area contributed by atoms with Crippen molar-refractivity contribution in [2.75, 3.05) is 12.3 Å². The van der Waals surface area contributed by atoms with Gasteiger partial charge < -0.3 is 9.32 Å². The number of amides is 1. The average Bonchev–Trinajstić information content (AvgIpc) is 3.17. The van der Waals surface area contributed by atoms with Gasteiger partial charge in [0.25, 0.3) is 5.91 Å². The van der Waals surface area contributed by atoms with Crippen LogP contribution in [0.2, 0.25) is 0 Å². The van der Waals surface area contributed by atoms with Crippen molar-refractivity contribution in [3.05, 3.63) is 59.5 Å². The highest BCUT2D eigenvalue weighted by Gasteiger charge is 2.35. The first-order valence-electron chi connectivity index (χ1n) is 6.60. The molecule has 0 aliphatic carbocycles. The fraction of sp³-hybridized carbons (Fsp3) is 0.267. The Morgan fingerprint density at radius 3 is 2.77 bits per heavy atom. The summed E-state index contributed by atoms with van der Waals surface area (Å²) in [6.07, 6.45) is -3.00. The number of halogens is 3. The molecule has 1 fully saturated rings. The molecule has 116 valence electrons. The highest BCUT2D eigenvalue weighted by molar-refractivity contribution is 7.99. The molecule has 1 aromatic heterocycles. The van der Waals surface area contributed by atoms with Crippen LogP contribution in [0.3, 0.4) is 0 Å². The molecule has 0 spiro atoms. The summed E-state index contributed by atoms with van der Waals surface area (Å²) >= 11 is 1.44. The van der Waals surface area contributed by atoms with E-state index < -0.39 is 17.1 Å². The first-order valence-corrected chi connectivity index (χ1v) is 7.65. The number of rotatable bonds is 2. The van der Waals surface area contributed by atoms with E-state index in [1.54, 1.807) is 23.1 Å². The van der Waals surface area contributed by atoms with Gasteiger partial charge in [0.15, 0.2) is 5.76 Å². The number of alkyl halides is 3. The monoisotopic (exact) mass is 327 g/mol. The number of hydrogen-bond acceptors (Lipinski definition) is 3. The molecule has 7 heteroatoms. The van der Waals surface area contributed by atoms with Crippen molar-refractivity contribution in [3.63, 3.8) is 0 Å². The normalized spacial score (nSPS) is 18.7. The molecule has 2 aromatic rings. The summed E-state index contributed by atoms with van der Waals surface area (Å²) in [4.78, 5) is 13.9. The molecule has 1 amide bonds. The summed E-state index contributed by atoms with van der Waals surface area (Å²) in [5.41, 5.74) is -0.236. The molecule has 0 saturated carbocycles. The number of hydrogen-bond donors (Lipinski definition) is 0. The highest BCUT2D eigenvalue weighted by Crippen LogP contribution is 2.40. The van der Waals surface area contributed by atoms with Gasteiger partial charge in [0.05, 0.1) is 11.8 Å². The van der Waals surface area contributed by atoms with E-state index in [0.717, 1.165) is 12.1 Å². The van der Waals surface area contributed by atoms with Gasteiger partial charge in [-0.25, -0.2) is 0 Å². The van der Waals surface area contributed by atoms with E-state index in [9.17, 15) is 18.0 Å². The lowest BCUT2D eigenvalue weighted by Crippen LogP contribution is -2.30. The van der Waals surface area contributed by atoms with Gasteiger partial charge in [0.2, 0.25) is 0 Å². The zero-order chi connectivity index (χ0) is 15.7. The Balaban J connectivity index is 1.89. The van der Waals surface area contributed by atoms with Crippen molar-refractivity contribution < 1.29 is 22.4 Å². The van der Waals surface area contributed by atoms with Gasteiger partial charge in [-0.3, -0.25) is 4.79 Å². The second kappa shape index (κ2) is 5.72. The molecule has 1 aliphatic heterocycles. The lowest BCUT2D eigenvalue weighted by Gasteiger charge is -2.23. The fourth-order valence-corrected chi connectivity index (χ4v) is 3.61. The molecule has 22 heavy (non-hydrogen) atoms. The second-order valence-electron chi connectivity index (χ2n) is 4.82. The van der Waals surface area contributed by atoms with Crippen molar-refractivity contribution in [2.45, 2.75) is 11.6 Å². The zero-order valence-corrected chi connectivity index (χ0v) is 12.2. The maximum atomic E-state index is 12.8. The SMILES string of the molecule is O=C(c1ccco1)N1CCSC1c1cccc(C(F)(F)F)c1. The Labute approximate surface area is 129 Å². The minimum absolute atomic E-state index is 0.194. The number of carbonyl (C=O) groups is 1. The lowest BCUT2D eigenvalue weighted by molar-refractivity contribution is -0.137. The highest BCUT2D eigenvalue weighted by atomic mass is 32.2. The van der Waals surface area contributed by atoms with Crippen LogP contribution < -0.4 is 0 Å². The largest absolute Gasteiger partial charge is 0.459 e. The molecule has 1 saturated heterocycles. The van der Waals surface area contributed by atoms with Crippen LogP contribution in [0.4, 0.5) is 13.2 Å². The number of nitrogens with zero attached hydrogens (tertiary/aromatic N) is 1. The number of thioether (sulfide) groups is 1. The van der Waals surface area contributed by atoms with E-state index in [-0.39, 0.29) is 11.7 Å². The Bertz CT molecular complexity index is 670. The van der Waals surface area contributed by atoms with Crippen LogP contribution in [0.15, 0.2) is 47.1 Å². The van der Waals surface area contributed by atoms with Gasteiger partial charge in [-0.2, -0.15) is 13.2 Å². The van der Waals surface area contributed by atoms with E-state index >= 15 is 0 Å². The van der Waals surface area contributed by atoms with Crippen molar-refractivity contribution >= 4 is 17.7 Å². The maximum Gasteiger partial charge on any atom is 0.416 e. The maximum absolute atomic E-state index is 12.8. The molecule has 1 aliphatic rings. The van der Waals surface area contributed by atoms with E-state index in [1.807, 2.05) is 0 Å². The number of furan rings is 1. The summed E-state index contributed by atoms with van der Waals surface area (Å²) in [7, 11) is 0. The van der Waals surface area contributed by atoms with Crippen LogP contribution in [0.1, 0.15) is 27.1 Å². The van der Waals surface area contributed by atoms with Gasteiger partial charge in [-0.1, -0.05) is 12.1 Å².